The van der Waals surface area contributed by atoms with Crippen LogP contribution in [0, 0.1) is 0 Å². The molecule has 0 spiro atoms. The molecule has 0 saturated carbocycles. The molecule has 0 atom stereocenters. The Hall–Kier alpha value is -3.51. The van der Waals surface area contributed by atoms with Gasteiger partial charge in [-0.1, -0.05) is 49.7 Å². The number of carbonyl (C=O) groups is 1. The van der Waals surface area contributed by atoms with Gasteiger partial charge < -0.3 is 4.74 Å². The van der Waals surface area contributed by atoms with E-state index in [0.717, 1.165) is 39.9 Å². The third kappa shape index (κ3) is 5.16. The van der Waals surface area contributed by atoms with E-state index in [1.165, 1.54) is 0 Å². The van der Waals surface area contributed by atoms with Crippen LogP contribution in [-0.2, 0) is 0 Å². The third-order valence-corrected chi connectivity index (χ3v) is 5.57. The molecule has 2 heterocycles. The van der Waals surface area contributed by atoms with E-state index in [1.54, 1.807) is 17.6 Å². The first-order chi connectivity index (χ1) is 15.2. The number of pyridine rings is 1. The number of benzene rings is 2. The number of amides is 1. The van der Waals surface area contributed by atoms with Crippen molar-refractivity contribution >= 4 is 34.4 Å². The molecule has 6 heteroatoms. The molecule has 31 heavy (non-hydrogen) atoms. The monoisotopic (exact) mass is 429 g/mol. The van der Waals surface area contributed by atoms with Crippen molar-refractivity contribution in [1.29, 1.82) is 0 Å². The third-order valence-electron chi connectivity index (χ3n) is 4.76. The van der Waals surface area contributed by atoms with Crippen molar-refractivity contribution in [2.45, 2.75) is 19.8 Å². The highest BCUT2D eigenvalue weighted by molar-refractivity contribution is 7.11. The molecule has 4 rings (SSSR count). The van der Waals surface area contributed by atoms with Gasteiger partial charge in [0.1, 0.15) is 5.75 Å². The second kappa shape index (κ2) is 10.00. The molecule has 2 aromatic carbocycles. The maximum Gasteiger partial charge on any atom is 0.272 e. The molecule has 0 bridgehead atoms. The van der Waals surface area contributed by atoms with E-state index in [4.69, 9.17) is 9.72 Å². The summed E-state index contributed by atoms with van der Waals surface area (Å²) in [6, 6.07) is 21.1. The summed E-state index contributed by atoms with van der Waals surface area (Å²) in [5.74, 6) is 0.524. The molecule has 0 aliphatic carbocycles. The van der Waals surface area contributed by atoms with Crippen molar-refractivity contribution in [2.24, 2.45) is 5.10 Å². The first-order valence-corrected chi connectivity index (χ1v) is 11.1. The fourth-order valence-corrected chi connectivity index (χ4v) is 3.76. The molecule has 0 unspecified atom stereocenters. The van der Waals surface area contributed by atoms with Gasteiger partial charge in [0, 0.05) is 15.8 Å². The number of thiophene rings is 1. The summed E-state index contributed by atoms with van der Waals surface area (Å²) < 4.78 is 5.84. The number of hydrogen-bond acceptors (Lipinski definition) is 5. The van der Waals surface area contributed by atoms with Crippen LogP contribution in [0.2, 0.25) is 0 Å². The molecule has 1 N–H and O–H groups in total. The molecule has 2 aromatic heterocycles. The molecule has 1 amide bonds. The predicted octanol–water partition coefficient (Wildman–Crippen LogP) is 5.91. The Morgan fingerprint density at radius 1 is 1.13 bits per heavy atom. The minimum atomic E-state index is -0.275. The van der Waals surface area contributed by atoms with Crippen molar-refractivity contribution in [3.05, 3.63) is 82.6 Å². The zero-order chi connectivity index (χ0) is 21.5. The smallest absolute Gasteiger partial charge is 0.272 e. The summed E-state index contributed by atoms with van der Waals surface area (Å²) in [5.41, 5.74) is 5.54. The van der Waals surface area contributed by atoms with Crippen LogP contribution in [0.3, 0.4) is 0 Å². The Labute approximate surface area is 185 Å². The average Bonchev–Trinajstić information content (AvgIpc) is 3.32. The average molecular weight is 430 g/mol. The van der Waals surface area contributed by atoms with Gasteiger partial charge in [-0.2, -0.15) is 5.10 Å². The van der Waals surface area contributed by atoms with Gasteiger partial charge in [0.2, 0.25) is 0 Å². The lowest BCUT2D eigenvalue weighted by molar-refractivity contribution is 0.0956. The van der Waals surface area contributed by atoms with Crippen LogP contribution in [0.5, 0.6) is 5.75 Å². The number of aromatic nitrogens is 1. The first kappa shape index (κ1) is 20.8. The standard InChI is InChI=1S/C25H23N3O2S/c1-2-3-13-30-19-9-6-8-18(15-19)24-16-22(21-11-4-5-12-23(21)27-24)25(29)28-26-17-20-10-7-14-31-20/h4-12,14-17H,2-3,13H2,1H3,(H,28,29)/b26-17+. The van der Waals surface area contributed by atoms with Crippen LogP contribution >= 0.6 is 11.3 Å². The zero-order valence-corrected chi connectivity index (χ0v) is 18.1. The Kier molecular flexibility index (Phi) is 6.69. The lowest BCUT2D eigenvalue weighted by Gasteiger charge is -2.10. The topological polar surface area (TPSA) is 63.6 Å². The van der Waals surface area contributed by atoms with Gasteiger partial charge in [-0.25, -0.2) is 10.4 Å². The Morgan fingerprint density at radius 2 is 2.03 bits per heavy atom. The summed E-state index contributed by atoms with van der Waals surface area (Å²) in [6.07, 6.45) is 3.73. The normalized spacial score (nSPS) is 11.1. The number of rotatable bonds is 8. The SMILES string of the molecule is CCCCOc1cccc(-c2cc(C(=O)N/N=C/c3cccs3)c3ccccc3n2)c1. The highest BCUT2D eigenvalue weighted by Crippen LogP contribution is 2.27. The van der Waals surface area contributed by atoms with Gasteiger partial charge in [-0.3, -0.25) is 4.79 Å². The fraction of sp³-hybridized carbons (Fsp3) is 0.160. The quantitative estimate of drug-likeness (QED) is 0.215. The van der Waals surface area contributed by atoms with E-state index in [2.05, 4.69) is 17.5 Å². The molecule has 4 aromatic rings. The van der Waals surface area contributed by atoms with Gasteiger partial charge in [0.25, 0.3) is 5.91 Å². The van der Waals surface area contributed by atoms with Gasteiger partial charge >= 0.3 is 0 Å². The summed E-state index contributed by atoms with van der Waals surface area (Å²) in [5, 5.41) is 6.85. The van der Waals surface area contributed by atoms with Gasteiger partial charge in [0.15, 0.2) is 0 Å². The number of ether oxygens (including phenoxy) is 1. The highest BCUT2D eigenvalue weighted by Gasteiger charge is 2.14. The molecule has 0 aliphatic heterocycles. The van der Waals surface area contributed by atoms with Crippen LogP contribution < -0.4 is 10.2 Å². The molecule has 0 aliphatic rings. The van der Waals surface area contributed by atoms with Crippen molar-refractivity contribution < 1.29 is 9.53 Å². The lowest BCUT2D eigenvalue weighted by Crippen LogP contribution is -2.18. The highest BCUT2D eigenvalue weighted by atomic mass is 32.1. The predicted molar refractivity (Wildman–Crippen MR) is 127 cm³/mol. The molecular formula is C25H23N3O2S. The van der Waals surface area contributed by atoms with Gasteiger partial charge in [0.05, 0.1) is 29.6 Å². The second-order valence-electron chi connectivity index (χ2n) is 7.02. The van der Waals surface area contributed by atoms with Crippen molar-refractivity contribution in [3.63, 3.8) is 0 Å². The van der Waals surface area contributed by atoms with Gasteiger partial charge in [-0.15, -0.1) is 11.3 Å². The molecule has 0 fully saturated rings. The van der Waals surface area contributed by atoms with Crippen molar-refractivity contribution in [3.8, 4) is 17.0 Å². The molecule has 156 valence electrons. The van der Waals surface area contributed by atoms with Crippen LogP contribution in [-0.4, -0.2) is 23.7 Å². The number of para-hydroxylation sites is 1. The number of carbonyl (C=O) groups excluding carboxylic acids is 1. The van der Waals surface area contributed by atoms with E-state index < -0.39 is 0 Å². The first-order valence-electron chi connectivity index (χ1n) is 10.2. The number of fused-ring (bicyclic) bond motifs is 1. The number of nitrogens with zero attached hydrogens (tertiary/aromatic N) is 2. The minimum Gasteiger partial charge on any atom is -0.494 e. The van der Waals surface area contributed by atoms with Crippen LogP contribution in [0.25, 0.3) is 22.2 Å². The van der Waals surface area contributed by atoms with Gasteiger partial charge in [-0.05, 0) is 42.1 Å². The number of hydrazone groups is 1. The minimum absolute atomic E-state index is 0.275. The van der Waals surface area contributed by atoms with E-state index in [-0.39, 0.29) is 5.91 Å². The number of hydrogen-bond donors (Lipinski definition) is 1. The van der Waals surface area contributed by atoms with Crippen molar-refractivity contribution in [1.82, 2.24) is 10.4 Å². The van der Waals surface area contributed by atoms with Crippen LogP contribution in [0.15, 0.2) is 77.2 Å². The van der Waals surface area contributed by atoms with Crippen molar-refractivity contribution in [2.75, 3.05) is 6.61 Å². The maximum absolute atomic E-state index is 12.9. The summed E-state index contributed by atoms with van der Waals surface area (Å²) in [6.45, 7) is 2.82. The molecule has 0 radical (unpaired) electrons. The molecule has 5 nitrogen and oxygen atoms in total. The maximum atomic E-state index is 12.9. The van der Waals surface area contributed by atoms with E-state index in [0.29, 0.717) is 17.9 Å². The zero-order valence-electron chi connectivity index (χ0n) is 17.2. The van der Waals surface area contributed by atoms with Crippen LogP contribution in [0.1, 0.15) is 35.0 Å². The van der Waals surface area contributed by atoms with E-state index in [9.17, 15) is 4.79 Å². The molecular weight excluding hydrogens is 406 g/mol. The van der Waals surface area contributed by atoms with E-state index in [1.807, 2.05) is 72.1 Å². The Bertz CT molecular complexity index is 1200. The summed E-state index contributed by atoms with van der Waals surface area (Å²) in [7, 11) is 0. The van der Waals surface area contributed by atoms with Crippen LogP contribution in [0.4, 0.5) is 0 Å². The number of unbranched alkanes of at least 4 members (excludes halogenated alkanes) is 1. The fourth-order valence-electron chi connectivity index (χ4n) is 3.17. The second-order valence-corrected chi connectivity index (χ2v) is 8.00. The lowest BCUT2D eigenvalue weighted by atomic mass is 10.0. The summed E-state index contributed by atoms with van der Waals surface area (Å²) >= 11 is 1.56. The summed E-state index contributed by atoms with van der Waals surface area (Å²) in [4.78, 5) is 18.7. The van der Waals surface area contributed by atoms with E-state index >= 15 is 0 Å². The largest absolute Gasteiger partial charge is 0.494 e. The Balaban J connectivity index is 1.65. The number of nitrogens with one attached hydrogen (secondary N) is 1. The Morgan fingerprint density at radius 3 is 2.87 bits per heavy atom. The molecule has 0 saturated heterocycles.